The first-order valence-corrected chi connectivity index (χ1v) is 8.78. The maximum absolute atomic E-state index is 12.6. The predicted molar refractivity (Wildman–Crippen MR) is 114 cm³/mol. The number of likely N-dealkylation sites (N-methyl/N-ethyl adjacent to an activating group) is 1. The SMILES string of the molecule is C=C/C(=C\N=C(/C)Bc1ccc(C)cc1OC)N(C)C(=O)c1ccccc1. The molecule has 0 atom stereocenters. The maximum atomic E-state index is 12.6. The van der Waals surface area contributed by atoms with Crippen molar-refractivity contribution in [1.82, 2.24) is 4.90 Å². The molecule has 0 aromatic heterocycles. The Morgan fingerprint density at radius 2 is 1.93 bits per heavy atom. The topological polar surface area (TPSA) is 41.9 Å². The molecule has 2 aromatic rings. The molecule has 0 spiro atoms. The Bertz CT molecular complexity index is 873. The fourth-order valence-electron chi connectivity index (χ4n) is 2.66. The van der Waals surface area contributed by atoms with Crippen LogP contribution in [0.5, 0.6) is 5.75 Å². The van der Waals surface area contributed by atoms with E-state index in [-0.39, 0.29) is 5.91 Å². The number of hydrogen-bond acceptors (Lipinski definition) is 3. The molecule has 0 aliphatic rings. The molecule has 0 radical (unpaired) electrons. The van der Waals surface area contributed by atoms with E-state index in [9.17, 15) is 4.79 Å². The third kappa shape index (κ3) is 5.45. The monoisotopic (exact) mass is 360 g/mol. The molecule has 4 nitrogen and oxygen atoms in total. The molecule has 0 aliphatic heterocycles. The van der Waals surface area contributed by atoms with Gasteiger partial charge in [0.1, 0.15) is 5.75 Å². The van der Waals surface area contributed by atoms with E-state index in [0.717, 1.165) is 22.4 Å². The third-order valence-corrected chi connectivity index (χ3v) is 4.23. The largest absolute Gasteiger partial charge is 0.497 e. The van der Waals surface area contributed by atoms with Gasteiger partial charge in [0, 0.05) is 18.8 Å². The molecule has 27 heavy (non-hydrogen) atoms. The van der Waals surface area contributed by atoms with Gasteiger partial charge in [-0.05, 0) is 54.8 Å². The first kappa shape index (κ1) is 20.2. The Kier molecular flexibility index (Phi) is 7.18. The molecule has 0 unspecified atom stereocenters. The van der Waals surface area contributed by atoms with E-state index in [1.807, 2.05) is 38.1 Å². The van der Waals surface area contributed by atoms with Crippen molar-refractivity contribution < 1.29 is 9.53 Å². The van der Waals surface area contributed by atoms with Gasteiger partial charge >= 0.3 is 0 Å². The summed E-state index contributed by atoms with van der Waals surface area (Å²) < 4.78 is 5.45. The van der Waals surface area contributed by atoms with Crippen molar-refractivity contribution in [2.75, 3.05) is 14.2 Å². The highest BCUT2D eigenvalue weighted by atomic mass is 16.5. The zero-order chi connectivity index (χ0) is 19.8. The van der Waals surface area contributed by atoms with E-state index in [0.29, 0.717) is 18.5 Å². The standard InChI is InChI=1S/C22H25BN2O2/c1-6-19(25(4)22(26)18-10-8-7-9-11-18)15-24-17(3)23-20-13-12-16(2)14-21(20)27-5/h6-15,23H,1H2,2-5H3/b19-15+,24-17+. The van der Waals surface area contributed by atoms with Gasteiger partial charge in [-0.1, -0.05) is 36.9 Å². The van der Waals surface area contributed by atoms with Crippen LogP contribution in [0.2, 0.25) is 0 Å². The number of ether oxygens (including phenoxy) is 1. The number of hydrogen-bond donors (Lipinski definition) is 0. The van der Waals surface area contributed by atoms with Gasteiger partial charge in [0.05, 0.1) is 12.8 Å². The highest BCUT2D eigenvalue weighted by Crippen LogP contribution is 2.11. The summed E-state index contributed by atoms with van der Waals surface area (Å²) in [5.74, 6) is 0.753. The highest BCUT2D eigenvalue weighted by molar-refractivity contribution is 6.85. The predicted octanol–water partition coefficient (Wildman–Crippen LogP) is 3.28. The van der Waals surface area contributed by atoms with Gasteiger partial charge in [0.2, 0.25) is 7.28 Å². The molecule has 0 heterocycles. The maximum Gasteiger partial charge on any atom is 0.258 e. The van der Waals surface area contributed by atoms with Gasteiger partial charge in [-0.2, -0.15) is 0 Å². The number of benzene rings is 2. The van der Waals surface area contributed by atoms with Crippen LogP contribution in [-0.4, -0.2) is 37.9 Å². The molecule has 0 fully saturated rings. The van der Waals surface area contributed by atoms with Crippen molar-refractivity contribution in [3.63, 3.8) is 0 Å². The van der Waals surface area contributed by atoms with E-state index < -0.39 is 0 Å². The Labute approximate surface area is 162 Å². The van der Waals surface area contributed by atoms with Crippen LogP contribution in [0.3, 0.4) is 0 Å². The summed E-state index contributed by atoms with van der Waals surface area (Å²) in [6, 6.07) is 15.3. The Morgan fingerprint density at radius 1 is 1.22 bits per heavy atom. The lowest BCUT2D eigenvalue weighted by molar-refractivity contribution is 0.0840. The smallest absolute Gasteiger partial charge is 0.258 e. The lowest BCUT2D eigenvalue weighted by Crippen LogP contribution is -2.25. The number of carbonyl (C=O) groups is 1. The molecule has 138 valence electrons. The fraction of sp³-hybridized carbons (Fsp3) is 0.182. The van der Waals surface area contributed by atoms with E-state index in [2.05, 4.69) is 23.7 Å². The quantitative estimate of drug-likeness (QED) is 0.432. The molecule has 0 aliphatic carbocycles. The fourth-order valence-corrected chi connectivity index (χ4v) is 2.66. The second-order valence-electron chi connectivity index (χ2n) is 6.34. The van der Waals surface area contributed by atoms with Gasteiger partial charge in [0.15, 0.2) is 0 Å². The van der Waals surface area contributed by atoms with Crippen molar-refractivity contribution >= 4 is 24.3 Å². The Balaban J connectivity index is 2.17. The first-order valence-electron chi connectivity index (χ1n) is 8.78. The van der Waals surface area contributed by atoms with E-state index >= 15 is 0 Å². The molecular weight excluding hydrogens is 335 g/mol. The van der Waals surface area contributed by atoms with Crippen LogP contribution in [-0.2, 0) is 0 Å². The normalized spacial score (nSPS) is 11.7. The molecule has 1 amide bonds. The molecule has 0 N–H and O–H groups in total. The Hall–Kier alpha value is -3.08. The first-order chi connectivity index (χ1) is 13.0. The van der Waals surface area contributed by atoms with Crippen molar-refractivity contribution in [1.29, 1.82) is 0 Å². The van der Waals surface area contributed by atoms with Crippen LogP contribution in [0, 0.1) is 6.92 Å². The molecule has 0 saturated heterocycles. The molecule has 0 saturated carbocycles. The van der Waals surface area contributed by atoms with Crippen LogP contribution in [0.15, 0.2) is 78.1 Å². The van der Waals surface area contributed by atoms with Crippen LogP contribution in [0.1, 0.15) is 22.8 Å². The number of rotatable bonds is 7. The molecular formula is C22H25BN2O2. The minimum Gasteiger partial charge on any atom is -0.497 e. The van der Waals surface area contributed by atoms with Crippen LogP contribution in [0.4, 0.5) is 0 Å². The average molecular weight is 360 g/mol. The summed E-state index contributed by atoms with van der Waals surface area (Å²) >= 11 is 0. The van der Waals surface area contributed by atoms with Crippen molar-refractivity contribution in [3.8, 4) is 5.75 Å². The second-order valence-corrected chi connectivity index (χ2v) is 6.34. The number of aliphatic imine (C=N–C) groups is 1. The minimum absolute atomic E-state index is 0.102. The molecule has 5 heteroatoms. The summed E-state index contributed by atoms with van der Waals surface area (Å²) in [5.41, 5.74) is 4.40. The number of aryl methyl sites for hydroxylation is 1. The average Bonchev–Trinajstić information content (AvgIpc) is 2.69. The summed E-state index contributed by atoms with van der Waals surface area (Å²) in [4.78, 5) is 18.6. The second kappa shape index (κ2) is 9.58. The van der Waals surface area contributed by atoms with Gasteiger partial charge in [-0.25, -0.2) is 0 Å². The van der Waals surface area contributed by atoms with Gasteiger partial charge in [-0.15, -0.1) is 0 Å². The highest BCUT2D eigenvalue weighted by Gasteiger charge is 2.13. The number of carbonyl (C=O) groups excluding carboxylic acids is 1. The van der Waals surface area contributed by atoms with Crippen LogP contribution >= 0.6 is 0 Å². The summed E-state index contributed by atoms with van der Waals surface area (Å²) in [6.07, 6.45) is 3.30. The minimum atomic E-state index is -0.102. The van der Waals surface area contributed by atoms with Gasteiger partial charge in [0.25, 0.3) is 5.91 Å². The van der Waals surface area contributed by atoms with Gasteiger partial charge in [-0.3, -0.25) is 9.79 Å². The number of nitrogens with zero attached hydrogens (tertiary/aromatic N) is 2. The lowest BCUT2D eigenvalue weighted by atomic mass is 9.65. The lowest BCUT2D eigenvalue weighted by Gasteiger charge is -2.17. The van der Waals surface area contributed by atoms with E-state index in [4.69, 9.17) is 4.74 Å². The summed E-state index contributed by atoms with van der Waals surface area (Å²) in [6.45, 7) is 7.79. The summed E-state index contributed by atoms with van der Waals surface area (Å²) in [5, 5.41) is 0. The van der Waals surface area contributed by atoms with E-state index in [1.165, 1.54) is 0 Å². The Morgan fingerprint density at radius 3 is 2.56 bits per heavy atom. The summed E-state index contributed by atoms with van der Waals surface area (Å²) in [7, 11) is 4.06. The van der Waals surface area contributed by atoms with Crippen molar-refractivity contribution in [2.45, 2.75) is 13.8 Å². The molecule has 0 bridgehead atoms. The third-order valence-electron chi connectivity index (χ3n) is 4.23. The van der Waals surface area contributed by atoms with Crippen LogP contribution in [0.25, 0.3) is 0 Å². The van der Waals surface area contributed by atoms with Crippen molar-refractivity contribution in [2.24, 2.45) is 4.99 Å². The van der Waals surface area contributed by atoms with E-state index in [1.54, 1.807) is 43.5 Å². The number of amides is 1. The molecule has 2 aromatic carbocycles. The van der Waals surface area contributed by atoms with Crippen LogP contribution < -0.4 is 10.2 Å². The number of methoxy groups -OCH3 is 1. The van der Waals surface area contributed by atoms with Gasteiger partial charge < -0.3 is 9.64 Å². The number of allylic oxidation sites excluding steroid dienone is 1. The zero-order valence-corrected chi connectivity index (χ0v) is 16.4. The molecule has 2 rings (SSSR count). The van der Waals surface area contributed by atoms with Crippen molar-refractivity contribution in [3.05, 3.63) is 84.2 Å². The zero-order valence-electron chi connectivity index (χ0n) is 16.4.